The van der Waals surface area contributed by atoms with Gasteiger partial charge < -0.3 is 32.6 Å². The first-order valence-corrected chi connectivity index (χ1v) is 31.0. The molecule has 1 saturated heterocycles. The molecule has 4 aliphatic carbocycles. The number of aryl methyl sites for hydroxylation is 2. The van der Waals surface area contributed by atoms with Crippen LogP contribution in [0.15, 0.2) is 107 Å². The molecule has 7 aliphatic rings. The zero-order valence-corrected chi connectivity index (χ0v) is 49.4. The lowest BCUT2D eigenvalue weighted by molar-refractivity contribution is -0.164. The van der Waals surface area contributed by atoms with E-state index in [4.69, 9.17) is 27.5 Å². The predicted octanol–water partition coefficient (Wildman–Crippen LogP) is 11.2. The number of esters is 5. The molecule has 6 heterocycles. The van der Waals surface area contributed by atoms with Crippen LogP contribution in [0.25, 0.3) is 194 Å². The van der Waals surface area contributed by atoms with E-state index in [2.05, 4.69) is 0 Å². The summed E-state index contributed by atoms with van der Waals surface area (Å²) in [4.78, 5) is 165. The van der Waals surface area contributed by atoms with Gasteiger partial charge in [-0.25, -0.2) is 47.9 Å². The van der Waals surface area contributed by atoms with Crippen LogP contribution in [0.4, 0.5) is 0 Å². The normalized spacial score (nSPS) is 21.0. The summed E-state index contributed by atoms with van der Waals surface area (Å²) in [7, 11) is 0. The lowest BCUT2D eigenvalue weighted by Crippen LogP contribution is -2.51. The molecule has 18 heteroatoms. The van der Waals surface area contributed by atoms with Gasteiger partial charge in [-0.05, 0) is 214 Å². The summed E-state index contributed by atoms with van der Waals surface area (Å²) in [5, 5.41) is 23.6. The SMILES string of the molecule is CC1=C2C3=c4c5c6c7c(cc5c5c8c9c(cc%10c%11c%12c(=O)oc(=O)c%13cc(C)c%14c%15cc(C)c%16c(=O)oc(=O)c%17cc%18c%19c%20c(=O)oc(=O)c%21cc%22c(c4c5c4c%22c(c%21%20)c(c%10c94)c%19c%11c(c%18c%15c%17%16)c%14c%13%12)C4C(=O)OC(=O)C(=C1)C34C)C(=O)OC8O)C(=O)OC(=O)C7=C(C)CC26. The fourth-order valence-electron chi connectivity index (χ4n) is 21.5. The largest absolute Gasteiger partial charge is 0.428 e. The monoisotopic (exact) mass is 1240 g/mol. The van der Waals surface area contributed by atoms with Crippen molar-refractivity contribution in [3.8, 4) is 0 Å². The van der Waals surface area contributed by atoms with Crippen LogP contribution in [0.1, 0.15) is 99.4 Å². The Morgan fingerprint density at radius 2 is 0.895 bits per heavy atom. The molecule has 15 aromatic carbocycles. The van der Waals surface area contributed by atoms with E-state index in [1.807, 2.05) is 33.8 Å². The molecule has 444 valence electrons. The highest BCUT2D eigenvalue weighted by Gasteiger charge is 2.61. The zero-order chi connectivity index (χ0) is 63.8. The van der Waals surface area contributed by atoms with Gasteiger partial charge in [-0.1, -0.05) is 5.57 Å². The Kier molecular flexibility index (Phi) is 7.07. The van der Waals surface area contributed by atoms with Crippen LogP contribution in [0, 0.1) is 19.3 Å². The molecule has 0 saturated carbocycles. The van der Waals surface area contributed by atoms with Gasteiger partial charge >= 0.3 is 63.6 Å². The van der Waals surface area contributed by atoms with Gasteiger partial charge in [0.05, 0.1) is 54.9 Å². The fourth-order valence-corrected chi connectivity index (χ4v) is 21.5. The molecular weight excluding hydrogens is 1210 g/mol. The highest BCUT2D eigenvalue weighted by Crippen LogP contribution is 2.70. The molecule has 1 fully saturated rings. The smallest absolute Gasteiger partial charge is 0.347 e. The van der Waals surface area contributed by atoms with Crippen LogP contribution in [0.2, 0.25) is 0 Å². The minimum Gasteiger partial charge on any atom is -0.428 e. The van der Waals surface area contributed by atoms with Crippen molar-refractivity contribution in [2.24, 2.45) is 5.41 Å². The number of cyclic esters (lactones) is 5. The number of benzene rings is 15. The number of allylic oxidation sites excluding steroid dienone is 4. The van der Waals surface area contributed by atoms with E-state index in [-0.39, 0.29) is 110 Å². The second-order valence-electron chi connectivity index (χ2n) is 27.9. The minimum atomic E-state index is -2.04. The molecule has 4 unspecified atom stereocenters. The van der Waals surface area contributed by atoms with Crippen molar-refractivity contribution in [2.45, 2.75) is 59.2 Å². The fraction of sp³-hybridized carbons (Fsp3) is 0.130. The van der Waals surface area contributed by atoms with E-state index in [9.17, 15) is 33.9 Å². The maximum atomic E-state index is 15.8. The molecule has 3 aromatic heterocycles. The number of aliphatic hydroxyl groups is 1. The molecule has 0 amide bonds. The van der Waals surface area contributed by atoms with E-state index in [1.54, 1.807) is 43.3 Å². The van der Waals surface area contributed by atoms with Crippen molar-refractivity contribution in [3.05, 3.63) is 177 Å². The van der Waals surface area contributed by atoms with E-state index in [1.165, 1.54) is 0 Å². The molecule has 3 aliphatic heterocycles. The lowest BCUT2D eigenvalue weighted by atomic mass is 9.50. The van der Waals surface area contributed by atoms with Crippen molar-refractivity contribution < 1.29 is 56.5 Å². The van der Waals surface area contributed by atoms with Crippen molar-refractivity contribution in [1.82, 2.24) is 0 Å². The molecule has 0 radical (unpaired) electrons. The van der Waals surface area contributed by atoms with Crippen LogP contribution in [0.5, 0.6) is 0 Å². The average Bonchev–Trinajstić information content (AvgIpc) is 0.629. The number of aliphatic hydroxyl groups excluding tert-OH is 1. The minimum absolute atomic E-state index is 0.000862. The number of hydrogen-bond acceptors (Lipinski definition) is 18. The van der Waals surface area contributed by atoms with E-state index < -0.39 is 87.1 Å². The molecule has 25 rings (SSSR count). The summed E-state index contributed by atoms with van der Waals surface area (Å²) < 4.78 is 35.1. The Morgan fingerprint density at radius 1 is 0.411 bits per heavy atom. The second-order valence-corrected chi connectivity index (χ2v) is 27.9. The first kappa shape index (κ1) is 48.6. The summed E-state index contributed by atoms with van der Waals surface area (Å²) in [5.41, 5.74) is -1.89. The predicted molar refractivity (Wildman–Crippen MR) is 351 cm³/mol. The molecule has 18 nitrogen and oxygen atoms in total. The van der Waals surface area contributed by atoms with Gasteiger partial charge in [-0.3, -0.25) is 4.79 Å². The summed E-state index contributed by atoms with van der Waals surface area (Å²) in [6.45, 7) is 9.09. The Morgan fingerprint density at radius 3 is 1.58 bits per heavy atom. The lowest BCUT2D eigenvalue weighted by Gasteiger charge is -2.52. The third kappa shape index (κ3) is 4.36. The van der Waals surface area contributed by atoms with Crippen LogP contribution in [-0.2, 0) is 28.6 Å². The number of carbonyl (C=O) groups excluding carboxylic acids is 5. The Hall–Kier alpha value is -12.2. The first-order chi connectivity index (χ1) is 45.7. The van der Waals surface area contributed by atoms with E-state index in [0.717, 1.165) is 5.57 Å². The van der Waals surface area contributed by atoms with Crippen LogP contribution in [0.3, 0.4) is 0 Å². The maximum Gasteiger partial charge on any atom is 0.347 e. The topological polar surface area (TPSA) is 275 Å². The van der Waals surface area contributed by atoms with Crippen LogP contribution >= 0.6 is 0 Å². The Bertz CT molecular complexity index is 7960. The van der Waals surface area contributed by atoms with E-state index in [0.29, 0.717) is 157 Å². The van der Waals surface area contributed by atoms with Gasteiger partial charge in [0.15, 0.2) is 0 Å². The molecule has 0 spiro atoms. The zero-order valence-electron chi connectivity index (χ0n) is 49.4. The third-order valence-corrected chi connectivity index (χ3v) is 24.2. The van der Waals surface area contributed by atoms with Gasteiger partial charge in [0, 0.05) is 92.7 Å². The summed E-state index contributed by atoms with van der Waals surface area (Å²) >= 11 is 0. The van der Waals surface area contributed by atoms with Crippen LogP contribution in [-0.4, -0.2) is 35.0 Å². The Labute approximate surface area is 519 Å². The van der Waals surface area contributed by atoms with Crippen molar-refractivity contribution in [3.63, 3.8) is 0 Å². The van der Waals surface area contributed by atoms with Crippen molar-refractivity contribution >= 4 is 224 Å². The maximum absolute atomic E-state index is 15.8. The first-order valence-electron chi connectivity index (χ1n) is 31.0. The van der Waals surface area contributed by atoms with Crippen molar-refractivity contribution in [1.29, 1.82) is 0 Å². The van der Waals surface area contributed by atoms with Gasteiger partial charge in [0.25, 0.3) is 0 Å². The van der Waals surface area contributed by atoms with Gasteiger partial charge in [-0.15, -0.1) is 0 Å². The standard InChI is InChI=1S/C77H28O18/c1-14-8-24-45-49-30(14)18-6-15(2)32-43-25(66(79)90-71(32)84)10-20-36(34(18)43)52(49)55-42(60(45)73(86)92-65(24)78)22-12-27-46-50-38(22)53-51-39-23(13-28-47(51)61(40(20)56(53)55)74(87)94-69(28)82)48-58-57(54(39)50)41(62(46)75(88)93-68(27)81)21-11-26-44-33(72(85)91-67(26)80)16(3)7-19-31-17(4)9-29-70(83)95-76(89)64(48)77(29,5)63(31)59(58)37(21)35(19)44/h6,8-13,19,64,75,88H,7H2,1-5H3. The molecule has 95 heavy (non-hydrogen) atoms. The third-order valence-electron chi connectivity index (χ3n) is 24.2. The molecule has 18 aromatic rings. The Balaban J connectivity index is 1.09. The quantitative estimate of drug-likeness (QED) is 0.0485. The molecular formula is C77H28O18. The van der Waals surface area contributed by atoms with Gasteiger partial charge in [0.2, 0.25) is 6.29 Å². The van der Waals surface area contributed by atoms with Crippen LogP contribution < -0.4 is 39.0 Å². The number of fused-ring (bicyclic) bond motifs is 10. The highest BCUT2D eigenvalue weighted by atomic mass is 16.6. The summed E-state index contributed by atoms with van der Waals surface area (Å²) in [5.74, 6) is -6.42. The molecule has 0 bridgehead atoms. The second kappa shape index (κ2) is 13.8. The molecule has 1 N–H and O–H groups in total. The van der Waals surface area contributed by atoms with Gasteiger partial charge in [-0.2, -0.15) is 0 Å². The van der Waals surface area contributed by atoms with Gasteiger partial charge in [0.1, 0.15) is 0 Å². The average molecular weight is 1240 g/mol. The number of rotatable bonds is 0. The molecule has 4 atom stereocenters. The number of ether oxygens (including phenoxy) is 3. The number of hydrogen-bond donors (Lipinski definition) is 1. The summed E-state index contributed by atoms with van der Waals surface area (Å²) in [6.07, 6.45) is -0.0261. The van der Waals surface area contributed by atoms with Crippen molar-refractivity contribution in [2.75, 3.05) is 0 Å². The summed E-state index contributed by atoms with van der Waals surface area (Å²) in [6, 6.07) is 9.93. The van der Waals surface area contributed by atoms with E-state index >= 15 is 24.0 Å². The highest BCUT2D eigenvalue weighted by molar-refractivity contribution is 6.63. The number of carbonyl (C=O) groups is 5.